The van der Waals surface area contributed by atoms with Crippen molar-refractivity contribution in [2.24, 2.45) is 7.05 Å². The Balaban J connectivity index is 1.30. The standard InChI is InChI=1S/C19H23N7O2S/c1-13(18(27)22-14-11-20-24(2)12-14)21-19(28)26-9-7-25(8-10-26)17-15-5-3-4-6-16(15)29-23-17/h3-6,11-13H,7-10H2,1-2H3,(H,21,28)(H,22,27)/t13-/m0/s1. The molecule has 4 rings (SSSR count). The van der Waals surface area contributed by atoms with Gasteiger partial charge in [0.1, 0.15) is 11.9 Å². The Labute approximate surface area is 172 Å². The number of aryl methyl sites for hydroxylation is 1. The Morgan fingerprint density at radius 3 is 2.66 bits per heavy atom. The summed E-state index contributed by atoms with van der Waals surface area (Å²) in [7, 11) is 1.77. The number of anilines is 2. The number of fused-ring (bicyclic) bond motifs is 1. The summed E-state index contributed by atoms with van der Waals surface area (Å²) in [5, 5.41) is 10.7. The third-order valence-electron chi connectivity index (χ3n) is 4.93. The maximum atomic E-state index is 12.6. The molecule has 0 bridgehead atoms. The molecule has 2 aromatic heterocycles. The van der Waals surface area contributed by atoms with Crippen LogP contribution in [0.5, 0.6) is 0 Å². The summed E-state index contributed by atoms with van der Waals surface area (Å²) in [6, 6.07) is 7.29. The van der Waals surface area contributed by atoms with E-state index in [0.29, 0.717) is 31.9 Å². The number of rotatable bonds is 4. The lowest BCUT2D eigenvalue weighted by Gasteiger charge is -2.35. The molecule has 0 radical (unpaired) electrons. The summed E-state index contributed by atoms with van der Waals surface area (Å²) in [5.41, 5.74) is 0.600. The van der Waals surface area contributed by atoms with Crippen molar-refractivity contribution in [1.82, 2.24) is 24.4 Å². The van der Waals surface area contributed by atoms with Gasteiger partial charge in [-0.15, -0.1) is 0 Å². The van der Waals surface area contributed by atoms with E-state index < -0.39 is 6.04 Å². The number of hydrogen-bond donors (Lipinski definition) is 2. The molecule has 1 saturated heterocycles. The fourth-order valence-corrected chi connectivity index (χ4v) is 4.10. The van der Waals surface area contributed by atoms with Crippen molar-refractivity contribution in [3.05, 3.63) is 36.7 Å². The van der Waals surface area contributed by atoms with Crippen LogP contribution in [-0.2, 0) is 11.8 Å². The topological polar surface area (TPSA) is 95.4 Å². The van der Waals surface area contributed by atoms with Gasteiger partial charge in [0.05, 0.1) is 16.6 Å². The van der Waals surface area contributed by atoms with Crippen LogP contribution in [0.1, 0.15) is 6.92 Å². The molecule has 1 aliphatic rings. The van der Waals surface area contributed by atoms with Crippen molar-refractivity contribution in [2.45, 2.75) is 13.0 Å². The van der Waals surface area contributed by atoms with Crippen molar-refractivity contribution in [3.63, 3.8) is 0 Å². The number of amides is 3. The van der Waals surface area contributed by atoms with Gasteiger partial charge in [-0.2, -0.15) is 9.47 Å². The molecule has 3 aromatic rings. The Kier molecular flexibility index (Phi) is 5.34. The highest BCUT2D eigenvalue weighted by molar-refractivity contribution is 7.13. The second-order valence-electron chi connectivity index (χ2n) is 7.04. The first-order chi connectivity index (χ1) is 14.0. The van der Waals surface area contributed by atoms with Crippen LogP contribution in [0.3, 0.4) is 0 Å². The Morgan fingerprint density at radius 1 is 1.17 bits per heavy atom. The van der Waals surface area contributed by atoms with Gasteiger partial charge >= 0.3 is 6.03 Å². The summed E-state index contributed by atoms with van der Waals surface area (Å²) in [6.07, 6.45) is 3.27. The number of nitrogens with one attached hydrogen (secondary N) is 2. The van der Waals surface area contributed by atoms with E-state index in [1.807, 2.05) is 12.1 Å². The number of benzene rings is 1. The molecule has 0 saturated carbocycles. The fourth-order valence-electron chi connectivity index (χ4n) is 3.30. The lowest BCUT2D eigenvalue weighted by Crippen LogP contribution is -2.54. The molecule has 1 aliphatic heterocycles. The number of carbonyl (C=O) groups excluding carboxylic acids is 2. The largest absolute Gasteiger partial charge is 0.352 e. The number of carbonyl (C=O) groups is 2. The first-order valence-electron chi connectivity index (χ1n) is 9.45. The number of nitrogens with zero attached hydrogens (tertiary/aromatic N) is 5. The molecule has 1 aromatic carbocycles. The smallest absolute Gasteiger partial charge is 0.318 e. The number of urea groups is 1. The molecule has 10 heteroatoms. The van der Waals surface area contributed by atoms with Crippen LogP contribution in [0.25, 0.3) is 10.1 Å². The number of aromatic nitrogens is 3. The molecule has 1 atom stereocenters. The molecule has 2 N–H and O–H groups in total. The van der Waals surface area contributed by atoms with Crippen LogP contribution in [-0.4, -0.2) is 63.2 Å². The van der Waals surface area contributed by atoms with E-state index in [-0.39, 0.29) is 11.9 Å². The SMILES string of the molecule is C[C@H](NC(=O)N1CCN(c2nsc3ccccc23)CC1)C(=O)Nc1cnn(C)c1. The molecule has 152 valence electrons. The highest BCUT2D eigenvalue weighted by Gasteiger charge is 2.25. The van der Waals surface area contributed by atoms with Gasteiger partial charge in [0, 0.05) is 44.8 Å². The van der Waals surface area contributed by atoms with Crippen LogP contribution in [0, 0.1) is 0 Å². The molecule has 0 aliphatic carbocycles. The Hall–Kier alpha value is -3.14. The van der Waals surface area contributed by atoms with Gasteiger partial charge in [0.25, 0.3) is 0 Å². The zero-order valence-corrected chi connectivity index (χ0v) is 17.1. The minimum Gasteiger partial charge on any atom is -0.352 e. The van der Waals surface area contributed by atoms with Crippen LogP contribution < -0.4 is 15.5 Å². The minimum absolute atomic E-state index is 0.235. The molecule has 29 heavy (non-hydrogen) atoms. The number of hydrogen-bond acceptors (Lipinski definition) is 6. The summed E-state index contributed by atoms with van der Waals surface area (Å²) in [6.45, 7) is 4.24. The van der Waals surface area contributed by atoms with E-state index in [2.05, 4.69) is 37.1 Å². The maximum Gasteiger partial charge on any atom is 0.318 e. The molecule has 9 nitrogen and oxygen atoms in total. The van der Waals surface area contributed by atoms with E-state index in [9.17, 15) is 9.59 Å². The first kappa shape index (κ1) is 19.2. The summed E-state index contributed by atoms with van der Waals surface area (Å²) < 4.78 is 7.35. The normalized spacial score (nSPS) is 15.4. The van der Waals surface area contributed by atoms with E-state index in [1.54, 1.807) is 35.9 Å². The first-order valence-corrected chi connectivity index (χ1v) is 10.2. The third kappa shape index (κ3) is 4.16. The zero-order chi connectivity index (χ0) is 20.4. The van der Waals surface area contributed by atoms with Gasteiger partial charge in [-0.25, -0.2) is 4.79 Å². The van der Waals surface area contributed by atoms with Crippen molar-refractivity contribution < 1.29 is 9.59 Å². The summed E-state index contributed by atoms with van der Waals surface area (Å²) in [5.74, 6) is 0.703. The van der Waals surface area contributed by atoms with Gasteiger partial charge in [0.15, 0.2) is 0 Å². The van der Waals surface area contributed by atoms with Crippen molar-refractivity contribution in [1.29, 1.82) is 0 Å². The van der Waals surface area contributed by atoms with Gasteiger partial charge < -0.3 is 20.4 Å². The lowest BCUT2D eigenvalue weighted by atomic mass is 10.2. The predicted molar refractivity (Wildman–Crippen MR) is 113 cm³/mol. The van der Waals surface area contributed by atoms with Crippen LogP contribution in [0.15, 0.2) is 36.7 Å². The second kappa shape index (κ2) is 8.08. The fraction of sp³-hybridized carbons (Fsp3) is 0.368. The second-order valence-corrected chi connectivity index (χ2v) is 7.84. The highest BCUT2D eigenvalue weighted by Crippen LogP contribution is 2.29. The summed E-state index contributed by atoms with van der Waals surface area (Å²) >= 11 is 1.49. The highest BCUT2D eigenvalue weighted by atomic mass is 32.1. The van der Waals surface area contributed by atoms with Crippen LogP contribution in [0.2, 0.25) is 0 Å². The van der Waals surface area contributed by atoms with E-state index in [0.717, 1.165) is 15.9 Å². The van der Waals surface area contributed by atoms with Gasteiger partial charge in [-0.1, -0.05) is 12.1 Å². The van der Waals surface area contributed by atoms with Crippen molar-refractivity contribution >= 4 is 45.1 Å². The zero-order valence-electron chi connectivity index (χ0n) is 16.3. The third-order valence-corrected chi connectivity index (χ3v) is 5.75. The molecule has 3 amide bonds. The maximum absolute atomic E-state index is 12.6. The molecular formula is C19H23N7O2S. The van der Waals surface area contributed by atoms with E-state index in [1.165, 1.54) is 11.5 Å². The quantitative estimate of drug-likeness (QED) is 0.681. The van der Waals surface area contributed by atoms with Crippen LogP contribution >= 0.6 is 11.5 Å². The van der Waals surface area contributed by atoms with E-state index in [4.69, 9.17) is 0 Å². The van der Waals surface area contributed by atoms with Gasteiger partial charge in [0.2, 0.25) is 5.91 Å². The van der Waals surface area contributed by atoms with Crippen LogP contribution in [0.4, 0.5) is 16.3 Å². The number of piperazine rings is 1. The minimum atomic E-state index is -0.650. The van der Waals surface area contributed by atoms with Gasteiger partial charge in [-0.05, 0) is 30.6 Å². The molecular weight excluding hydrogens is 390 g/mol. The van der Waals surface area contributed by atoms with E-state index >= 15 is 0 Å². The lowest BCUT2D eigenvalue weighted by molar-refractivity contribution is -0.117. The summed E-state index contributed by atoms with van der Waals surface area (Å²) in [4.78, 5) is 28.8. The van der Waals surface area contributed by atoms with Crippen molar-refractivity contribution in [2.75, 3.05) is 36.4 Å². The Morgan fingerprint density at radius 2 is 1.93 bits per heavy atom. The average molecular weight is 414 g/mol. The molecule has 3 heterocycles. The Bertz CT molecular complexity index is 1020. The molecule has 1 fully saturated rings. The molecule has 0 unspecified atom stereocenters. The molecule has 0 spiro atoms. The van der Waals surface area contributed by atoms with Crippen molar-refractivity contribution in [3.8, 4) is 0 Å². The van der Waals surface area contributed by atoms with Gasteiger partial charge in [-0.3, -0.25) is 9.48 Å². The average Bonchev–Trinajstić information content (AvgIpc) is 3.34. The monoisotopic (exact) mass is 413 g/mol. The predicted octanol–water partition coefficient (Wildman–Crippen LogP) is 1.89.